The first kappa shape index (κ1) is 23.0. The number of anilines is 1. The molecule has 2 heterocycles. The quantitative estimate of drug-likeness (QED) is 0.460. The summed E-state index contributed by atoms with van der Waals surface area (Å²) in [6, 6.07) is 13.0. The normalized spacial score (nSPS) is 18.7. The van der Waals surface area contributed by atoms with Crippen LogP contribution in [-0.4, -0.2) is 58.8 Å². The fourth-order valence-electron chi connectivity index (χ4n) is 4.47. The van der Waals surface area contributed by atoms with Gasteiger partial charge < -0.3 is 9.64 Å². The second kappa shape index (κ2) is 9.39. The first-order valence-electron chi connectivity index (χ1n) is 10.9. The Labute approximate surface area is 197 Å². The Bertz CT molecular complexity index is 1080. The van der Waals surface area contributed by atoms with Crippen LogP contribution in [-0.2, 0) is 20.7 Å². The van der Waals surface area contributed by atoms with Gasteiger partial charge in [-0.15, -0.1) is 0 Å². The van der Waals surface area contributed by atoms with Crippen LogP contribution >= 0.6 is 11.8 Å². The summed E-state index contributed by atoms with van der Waals surface area (Å²) in [6.07, 6.45) is 1.80. The Kier molecular flexibility index (Phi) is 6.56. The van der Waals surface area contributed by atoms with Crippen molar-refractivity contribution in [2.75, 3.05) is 16.9 Å². The highest BCUT2D eigenvalue weighted by atomic mass is 32.2. The van der Waals surface area contributed by atoms with Crippen molar-refractivity contribution < 1.29 is 23.9 Å². The summed E-state index contributed by atoms with van der Waals surface area (Å²) in [6.45, 7) is 3.48. The lowest BCUT2D eigenvalue weighted by atomic mass is 10.1. The van der Waals surface area contributed by atoms with E-state index in [-0.39, 0.29) is 29.5 Å². The van der Waals surface area contributed by atoms with Crippen LogP contribution in [0.3, 0.4) is 0 Å². The van der Waals surface area contributed by atoms with Crippen molar-refractivity contribution in [3.8, 4) is 0 Å². The van der Waals surface area contributed by atoms with E-state index in [9.17, 15) is 19.2 Å². The molecule has 8 heteroatoms. The Morgan fingerprint density at radius 1 is 1.06 bits per heavy atom. The lowest BCUT2D eigenvalue weighted by Gasteiger charge is -2.28. The molecule has 4 rings (SSSR count). The summed E-state index contributed by atoms with van der Waals surface area (Å²) in [4.78, 5) is 54.9. The smallest absolute Gasteiger partial charge is 0.330 e. The SMILES string of the molecule is CSCCC(C(=O)OC(C)C(=O)N1c2ccccc2CC1C)N1C(=O)c2ccccc2C1=O. The van der Waals surface area contributed by atoms with Gasteiger partial charge in [0.25, 0.3) is 17.7 Å². The van der Waals surface area contributed by atoms with Crippen LogP contribution in [0.25, 0.3) is 0 Å². The van der Waals surface area contributed by atoms with Gasteiger partial charge in [-0.3, -0.25) is 19.3 Å². The molecule has 2 aromatic rings. The highest BCUT2D eigenvalue weighted by Gasteiger charge is 2.44. The summed E-state index contributed by atoms with van der Waals surface area (Å²) < 4.78 is 5.57. The second-order valence-electron chi connectivity index (χ2n) is 8.29. The van der Waals surface area contributed by atoms with E-state index in [0.29, 0.717) is 5.75 Å². The minimum absolute atomic E-state index is 0.0559. The molecule has 7 nitrogen and oxygen atoms in total. The third-order valence-corrected chi connectivity index (χ3v) is 6.73. The maximum absolute atomic E-state index is 13.2. The number of fused-ring (bicyclic) bond motifs is 2. The molecule has 2 aromatic carbocycles. The molecule has 172 valence electrons. The molecule has 3 unspecified atom stereocenters. The summed E-state index contributed by atoms with van der Waals surface area (Å²) in [7, 11) is 0. The van der Waals surface area contributed by atoms with Crippen molar-refractivity contribution in [3.05, 3.63) is 65.2 Å². The number of para-hydroxylation sites is 1. The number of esters is 1. The molecule has 0 aromatic heterocycles. The molecule has 0 fully saturated rings. The van der Waals surface area contributed by atoms with E-state index in [0.717, 1.165) is 22.6 Å². The zero-order chi connectivity index (χ0) is 23.7. The van der Waals surface area contributed by atoms with Crippen LogP contribution in [0.2, 0.25) is 0 Å². The number of thioether (sulfide) groups is 1. The van der Waals surface area contributed by atoms with Crippen LogP contribution in [0.15, 0.2) is 48.5 Å². The van der Waals surface area contributed by atoms with Crippen LogP contribution in [0.5, 0.6) is 0 Å². The van der Waals surface area contributed by atoms with Gasteiger partial charge in [-0.25, -0.2) is 4.79 Å². The third-order valence-electron chi connectivity index (χ3n) is 6.09. The van der Waals surface area contributed by atoms with Crippen molar-refractivity contribution >= 4 is 41.1 Å². The average Bonchev–Trinajstić information content (AvgIpc) is 3.27. The van der Waals surface area contributed by atoms with E-state index in [2.05, 4.69) is 0 Å². The molecule has 0 radical (unpaired) electrons. The van der Waals surface area contributed by atoms with E-state index in [1.54, 1.807) is 29.2 Å². The standard InChI is InChI=1S/C25H26N2O5S/c1-15-14-17-8-4-7-11-20(17)26(15)22(28)16(2)32-25(31)21(12-13-33-3)27-23(29)18-9-5-6-10-19(18)24(27)30/h4-11,15-16,21H,12-14H2,1-3H3. The number of hydrogen-bond donors (Lipinski definition) is 0. The topological polar surface area (TPSA) is 84.0 Å². The molecule has 0 saturated heterocycles. The van der Waals surface area contributed by atoms with Gasteiger partial charge >= 0.3 is 5.97 Å². The lowest BCUT2D eigenvalue weighted by Crippen LogP contribution is -2.49. The van der Waals surface area contributed by atoms with Crippen molar-refractivity contribution in [1.82, 2.24) is 4.90 Å². The zero-order valence-corrected chi connectivity index (χ0v) is 19.6. The molecule has 3 amide bonds. The number of ether oxygens (including phenoxy) is 1. The van der Waals surface area contributed by atoms with Gasteiger partial charge in [0, 0.05) is 11.7 Å². The zero-order valence-electron chi connectivity index (χ0n) is 18.8. The molecular formula is C25H26N2O5S. The number of nitrogens with zero attached hydrogens (tertiary/aromatic N) is 2. The molecule has 2 aliphatic rings. The van der Waals surface area contributed by atoms with Crippen LogP contribution < -0.4 is 4.90 Å². The maximum Gasteiger partial charge on any atom is 0.330 e. The van der Waals surface area contributed by atoms with Crippen LogP contribution in [0.4, 0.5) is 5.69 Å². The molecule has 0 N–H and O–H groups in total. The first-order valence-corrected chi connectivity index (χ1v) is 12.3. The summed E-state index contributed by atoms with van der Waals surface area (Å²) in [5.41, 5.74) is 2.44. The van der Waals surface area contributed by atoms with Gasteiger partial charge in [-0.05, 0) is 62.5 Å². The Hall–Kier alpha value is -3.13. The Morgan fingerprint density at radius 2 is 1.67 bits per heavy atom. The minimum Gasteiger partial charge on any atom is -0.451 e. The first-order chi connectivity index (χ1) is 15.8. The fraction of sp³-hybridized carbons (Fsp3) is 0.360. The number of hydrogen-bond acceptors (Lipinski definition) is 6. The highest BCUT2D eigenvalue weighted by Crippen LogP contribution is 2.33. The number of amides is 3. The predicted molar refractivity (Wildman–Crippen MR) is 126 cm³/mol. The number of carbonyl (C=O) groups is 4. The Morgan fingerprint density at radius 3 is 2.30 bits per heavy atom. The van der Waals surface area contributed by atoms with Gasteiger partial charge in [-0.2, -0.15) is 11.8 Å². The number of benzene rings is 2. The predicted octanol–water partition coefficient (Wildman–Crippen LogP) is 3.31. The van der Waals surface area contributed by atoms with Crippen molar-refractivity contribution in [1.29, 1.82) is 0 Å². The number of rotatable bonds is 7. The number of imide groups is 1. The molecule has 33 heavy (non-hydrogen) atoms. The molecule has 2 aliphatic heterocycles. The van der Waals surface area contributed by atoms with E-state index in [4.69, 9.17) is 4.74 Å². The van der Waals surface area contributed by atoms with Crippen molar-refractivity contribution in [2.24, 2.45) is 0 Å². The molecule has 0 bridgehead atoms. The fourth-order valence-corrected chi connectivity index (χ4v) is 4.93. The molecule has 0 spiro atoms. The van der Waals surface area contributed by atoms with Gasteiger partial charge in [0.1, 0.15) is 6.04 Å². The van der Waals surface area contributed by atoms with E-state index in [1.807, 2.05) is 37.4 Å². The monoisotopic (exact) mass is 466 g/mol. The number of carbonyl (C=O) groups excluding carboxylic acids is 4. The van der Waals surface area contributed by atoms with E-state index < -0.39 is 29.9 Å². The van der Waals surface area contributed by atoms with Crippen molar-refractivity contribution in [3.63, 3.8) is 0 Å². The van der Waals surface area contributed by atoms with Gasteiger partial charge in [0.15, 0.2) is 6.10 Å². The highest BCUT2D eigenvalue weighted by molar-refractivity contribution is 7.98. The average molecular weight is 467 g/mol. The van der Waals surface area contributed by atoms with Crippen LogP contribution in [0, 0.1) is 0 Å². The Balaban J connectivity index is 1.53. The molecular weight excluding hydrogens is 440 g/mol. The van der Waals surface area contributed by atoms with Gasteiger partial charge in [0.2, 0.25) is 0 Å². The van der Waals surface area contributed by atoms with Gasteiger partial charge in [0.05, 0.1) is 11.1 Å². The molecule has 0 aliphatic carbocycles. The third kappa shape index (κ3) is 4.15. The second-order valence-corrected chi connectivity index (χ2v) is 9.28. The van der Waals surface area contributed by atoms with E-state index in [1.165, 1.54) is 18.7 Å². The maximum atomic E-state index is 13.2. The lowest BCUT2D eigenvalue weighted by molar-refractivity contribution is -0.157. The summed E-state index contributed by atoms with van der Waals surface area (Å²) in [5.74, 6) is -1.56. The minimum atomic E-state index is -1.09. The largest absolute Gasteiger partial charge is 0.451 e. The summed E-state index contributed by atoms with van der Waals surface area (Å²) in [5, 5.41) is 0. The van der Waals surface area contributed by atoms with Crippen molar-refractivity contribution in [2.45, 2.75) is 44.9 Å². The molecule has 3 atom stereocenters. The van der Waals surface area contributed by atoms with E-state index >= 15 is 0 Å². The summed E-state index contributed by atoms with van der Waals surface area (Å²) >= 11 is 1.50. The van der Waals surface area contributed by atoms with Gasteiger partial charge in [-0.1, -0.05) is 30.3 Å². The van der Waals surface area contributed by atoms with Crippen LogP contribution in [0.1, 0.15) is 46.5 Å². The molecule has 0 saturated carbocycles.